The predicted molar refractivity (Wildman–Crippen MR) is 139 cm³/mol. The van der Waals surface area contributed by atoms with Crippen LogP contribution in [0.25, 0.3) is 0 Å². The number of amides is 1. The number of hydrogen-bond donors (Lipinski definition) is 3. The number of rotatable bonds is 15. The first-order valence-electron chi connectivity index (χ1n) is 12.0. The number of aromatic nitrogens is 2. The molecule has 0 bridgehead atoms. The van der Waals surface area contributed by atoms with Crippen LogP contribution in [0.4, 0.5) is 5.69 Å². The number of aryl methyl sites for hydroxylation is 2. The van der Waals surface area contributed by atoms with Gasteiger partial charge in [0.15, 0.2) is 5.84 Å². The topological polar surface area (TPSA) is 117 Å². The second-order valence-corrected chi connectivity index (χ2v) is 8.08. The van der Waals surface area contributed by atoms with E-state index in [4.69, 9.17) is 10.3 Å². The molecule has 0 radical (unpaired) electrons. The molecule has 35 heavy (non-hydrogen) atoms. The number of benzene rings is 1. The second-order valence-electron chi connectivity index (χ2n) is 8.08. The molecule has 0 atom stereocenters. The van der Waals surface area contributed by atoms with Crippen molar-refractivity contribution >= 4 is 17.4 Å². The number of nitrogens with zero attached hydrogens (tertiary/aromatic N) is 4. The molecule has 2 rings (SSSR count). The van der Waals surface area contributed by atoms with Gasteiger partial charge in [-0.15, -0.1) is 0 Å². The zero-order chi connectivity index (χ0) is 25.5. The zero-order valence-electron chi connectivity index (χ0n) is 21.0. The highest BCUT2D eigenvalue weighted by molar-refractivity contribution is 6.00. The molecule has 1 aromatic heterocycles. The van der Waals surface area contributed by atoms with Crippen molar-refractivity contribution in [1.29, 1.82) is 5.53 Å². The molecule has 0 spiro atoms. The summed E-state index contributed by atoms with van der Waals surface area (Å²) in [6.45, 7) is 11.6. The largest absolute Gasteiger partial charge is 0.494 e. The van der Waals surface area contributed by atoms with Crippen molar-refractivity contribution in [3.05, 3.63) is 66.3 Å². The molecule has 0 aliphatic carbocycles. The van der Waals surface area contributed by atoms with Gasteiger partial charge >= 0.3 is 0 Å². The molecule has 0 aliphatic rings. The van der Waals surface area contributed by atoms with E-state index in [1.165, 1.54) is 5.56 Å². The fourth-order valence-corrected chi connectivity index (χ4v) is 3.04. The maximum absolute atomic E-state index is 12.2. The minimum absolute atomic E-state index is 0.0206. The fraction of sp³-hybridized carbons (Fsp3) is 0.423. The van der Waals surface area contributed by atoms with Crippen molar-refractivity contribution in [3.8, 4) is 5.75 Å². The van der Waals surface area contributed by atoms with E-state index in [2.05, 4.69) is 32.4 Å². The lowest BCUT2D eigenvalue weighted by Crippen LogP contribution is -2.25. The molecular formula is C26H37N7O2. The molecule has 0 aliphatic heterocycles. The third-order valence-corrected chi connectivity index (χ3v) is 5.09. The Hall–Kier alpha value is -3.75. The highest BCUT2D eigenvalue weighted by Gasteiger charge is 2.09. The molecule has 0 fully saturated rings. The van der Waals surface area contributed by atoms with Crippen LogP contribution < -0.4 is 15.4 Å². The van der Waals surface area contributed by atoms with Gasteiger partial charge in [0.1, 0.15) is 17.1 Å². The Bertz CT molecular complexity index is 1020. The van der Waals surface area contributed by atoms with E-state index < -0.39 is 0 Å². The van der Waals surface area contributed by atoms with Crippen LogP contribution >= 0.6 is 0 Å². The average Bonchev–Trinajstić information content (AvgIpc) is 3.31. The Morgan fingerprint density at radius 2 is 2.03 bits per heavy atom. The maximum Gasteiger partial charge on any atom is 0.221 e. The zero-order valence-corrected chi connectivity index (χ0v) is 21.0. The molecule has 1 aromatic carbocycles. The summed E-state index contributed by atoms with van der Waals surface area (Å²) < 4.78 is 7.38. The summed E-state index contributed by atoms with van der Waals surface area (Å²) in [5.41, 5.74) is 10.5. The molecule has 188 valence electrons. The molecule has 1 heterocycles. The number of carbonyl (C=O) groups is 1. The number of allylic oxidation sites excluding steroid dienone is 2. The van der Waals surface area contributed by atoms with Crippen LogP contribution in [0, 0.1) is 12.5 Å². The number of hydrogen-bond acceptors (Lipinski definition) is 6. The summed E-state index contributed by atoms with van der Waals surface area (Å²) in [7, 11) is 0. The van der Waals surface area contributed by atoms with E-state index in [1.54, 1.807) is 17.1 Å². The van der Waals surface area contributed by atoms with Gasteiger partial charge in [-0.2, -0.15) is 10.2 Å². The number of carbonyl (C=O) groups excluding carboxylic acids is 1. The lowest BCUT2D eigenvalue weighted by Gasteiger charge is -2.10. The van der Waals surface area contributed by atoms with Gasteiger partial charge in [0, 0.05) is 25.2 Å². The molecule has 9 nitrogen and oxygen atoms in total. The highest BCUT2D eigenvalue weighted by Crippen LogP contribution is 2.14. The number of amidine groups is 1. The minimum Gasteiger partial charge on any atom is -0.494 e. The summed E-state index contributed by atoms with van der Waals surface area (Å²) in [5, 5.41) is 13.9. The lowest BCUT2D eigenvalue weighted by atomic mass is 10.2. The smallest absolute Gasteiger partial charge is 0.221 e. The van der Waals surface area contributed by atoms with E-state index in [0.717, 1.165) is 37.1 Å². The number of nitrogens with one attached hydrogen (secondary N) is 3. The maximum atomic E-state index is 12.2. The van der Waals surface area contributed by atoms with E-state index in [-0.39, 0.29) is 5.91 Å². The van der Waals surface area contributed by atoms with Gasteiger partial charge in [-0.25, -0.2) is 10.5 Å². The molecule has 0 saturated heterocycles. The quantitative estimate of drug-likeness (QED) is 0.137. The van der Waals surface area contributed by atoms with Gasteiger partial charge < -0.3 is 15.4 Å². The Labute approximate surface area is 207 Å². The summed E-state index contributed by atoms with van der Waals surface area (Å²) in [4.78, 5) is 16.7. The standard InChI is InChI=1S/C26H37N7O2/c1-5-9-24(32-27)26(30-21(4)6-2)31-22-18-29-33(19-22)16-14-25(34)28-15-7-8-17-35-23-12-10-20(3)11-13-23/h9-13,18-19,27H,4-8,14-17H2,1-3H3,(H,28,34)(H,30,31)/b24-9+,32-27?. The number of ether oxygens (including phenoxy) is 1. The fourth-order valence-electron chi connectivity index (χ4n) is 3.04. The van der Waals surface area contributed by atoms with Gasteiger partial charge in [0.05, 0.1) is 19.0 Å². The van der Waals surface area contributed by atoms with Crippen LogP contribution in [0.5, 0.6) is 5.75 Å². The lowest BCUT2D eigenvalue weighted by molar-refractivity contribution is -0.121. The molecule has 0 saturated carbocycles. The van der Waals surface area contributed by atoms with Crippen molar-refractivity contribution < 1.29 is 9.53 Å². The van der Waals surface area contributed by atoms with Crippen LogP contribution in [-0.4, -0.2) is 34.7 Å². The van der Waals surface area contributed by atoms with Gasteiger partial charge in [-0.3, -0.25) is 9.48 Å². The van der Waals surface area contributed by atoms with Gasteiger partial charge in [-0.05, 0) is 44.7 Å². The average molecular weight is 480 g/mol. The van der Waals surface area contributed by atoms with E-state index in [9.17, 15) is 4.79 Å². The van der Waals surface area contributed by atoms with Gasteiger partial charge in [-0.1, -0.05) is 44.2 Å². The Balaban J connectivity index is 1.76. The molecular weight excluding hydrogens is 442 g/mol. The first-order valence-corrected chi connectivity index (χ1v) is 12.0. The summed E-state index contributed by atoms with van der Waals surface area (Å²) in [5.74, 6) is 1.30. The van der Waals surface area contributed by atoms with Crippen LogP contribution in [0.15, 0.2) is 70.8 Å². The molecule has 2 aromatic rings. The van der Waals surface area contributed by atoms with E-state index >= 15 is 0 Å². The van der Waals surface area contributed by atoms with Gasteiger partial charge in [0.25, 0.3) is 0 Å². The molecule has 3 N–H and O–H groups in total. The van der Waals surface area contributed by atoms with Crippen molar-refractivity contribution in [3.63, 3.8) is 0 Å². The first kappa shape index (κ1) is 27.5. The normalized spacial score (nSPS) is 11.7. The van der Waals surface area contributed by atoms with Crippen LogP contribution in [0.2, 0.25) is 0 Å². The summed E-state index contributed by atoms with van der Waals surface area (Å²) in [6.07, 6.45) is 8.71. The molecule has 9 heteroatoms. The van der Waals surface area contributed by atoms with Crippen molar-refractivity contribution in [2.24, 2.45) is 10.1 Å². The second kappa shape index (κ2) is 15.2. The highest BCUT2D eigenvalue weighted by atomic mass is 16.5. The van der Waals surface area contributed by atoms with Crippen molar-refractivity contribution in [2.75, 3.05) is 13.2 Å². The van der Waals surface area contributed by atoms with Gasteiger partial charge in [0.2, 0.25) is 5.91 Å². The third kappa shape index (κ3) is 10.4. The Morgan fingerprint density at radius 1 is 1.26 bits per heavy atom. The van der Waals surface area contributed by atoms with E-state index in [1.807, 2.05) is 51.1 Å². The predicted octanol–water partition coefficient (Wildman–Crippen LogP) is 5.43. The number of unbranched alkanes of at least 4 members (excludes halogenated alkanes) is 1. The van der Waals surface area contributed by atoms with Crippen LogP contribution in [0.1, 0.15) is 51.5 Å². The SMILES string of the molecule is C=C(CC)NC(=Nc1cnn(CCC(=O)NCCCCOc2ccc(C)cc2)c1)/C(=C\CC)N=N. The summed E-state index contributed by atoms with van der Waals surface area (Å²) >= 11 is 0. The Kier molecular flexibility index (Phi) is 11.9. The molecule has 0 unspecified atom stereocenters. The van der Waals surface area contributed by atoms with Crippen LogP contribution in [-0.2, 0) is 11.3 Å². The number of aliphatic imine (C=N–C) groups is 1. The monoisotopic (exact) mass is 479 g/mol. The minimum atomic E-state index is -0.0206. The third-order valence-electron chi connectivity index (χ3n) is 5.09. The van der Waals surface area contributed by atoms with E-state index in [0.29, 0.717) is 43.3 Å². The molecule has 1 amide bonds. The van der Waals surface area contributed by atoms with Crippen LogP contribution in [0.3, 0.4) is 0 Å². The Morgan fingerprint density at radius 3 is 2.71 bits per heavy atom. The summed E-state index contributed by atoms with van der Waals surface area (Å²) in [6, 6.07) is 7.98. The van der Waals surface area contributed by atoms with Crippen molar-refractivity contribution in [1.82, 2.24) is 20.4 Å². The van der Waals surface area contributed by atoms with Crippen molar-refractivity contribution in [2.45, 2.75) is 59.4 Å². The first-order chi connectivity index (χ1) is 16.9.